The molecule has 1 amide bonds. The molecule has 1 unspecified atom stereocenters. The van der Waals surface area contributed by atoms with Crippen LogP contribution in [0.25, 0.3) is 0 Å². The highest BCUT2D eigenvalue weighted by Gasteiger charge is 2.30. The quantitative estimate of drug-likeness (QED) is 0.720. The lowest BCUT2D eigenvalue weighted by Crippen LogP contribution is -2.29. The number of anilines is 1. The molecular weight excluding hydrogens is 368 g/mol. The van der Waals surface area contributed by atoms with Crippen LogP contribution in [0.4, 0.5) is 5.69 Å². The summed E-state index contributed by atoms with van der Waals surface area (Å²) in [4.78, 5) is 40.1. The van der Waals surface area contributed by atoms with Gasteiger partial charge in [0, 0.05) is 34.3 Å². The molecule has 0 aliphatic heterocycles. The summed E-state index contributed by atoms with van der Waals surface area (Å²) >= 11 is 5.82. The Morgan fingerprint density at radius 1 is 1.15 bits per heavy atom. The van der Waals surface area contributed by atoms with Crippen LogP contribution in [0.1, 0.15) is 44.5 Å². The molecule has 0 saturated carbocycles. The molecule has 0 radical (unpaired) electrons. The Bertz CT molecular complexity index is 1070. The fourth-order valence-electron chi connectivity index (χ4n) is 3.26. The molecule has 27 heavy (non-hydrogen) atoms. The lowest BCUT2D eigenvalue weighted by atomic mass is 9.84. The summed E-state index contributed by atoms with van der Waals surface area (Å²) in [6, 6.07) is 11.5. The van der Waals surface area contributed by atoms with E-state index in [1.807, 2.05) is 6.07 Å². The van der Waals surface area contributed by atoms with Gasteiger partial charge in [0.2, 0.25) is 0 Å². The molecule has 6 nitrogen and oxygen atoms in total. The standard InChI is InChI=1S/C20H15ClN2O4/c21-12-3-5-13(6-4-12)22-19(25)15-10-14-16(23-20(15)26)8-11(9-17(14)24)18-2-1-7-27-18/h1-7,10-11H,8-9H2,(H,22,25)(H,23,26). The maximum Gasteiger partial charge on any atom is 0.261 e. The van der Waals surface area contributed by atoms with Crippen molar-refractivity contribution in [3.05, 3.63) is 86.7 Å². The van der Waals surface area contributed by atoms with E-state index in [0.29, 0.717) is 34.1 Å². The molecule has 0 fully saturated rings. The molecule has 0 saturated heterocycles. The first kappa shape index (κ1) is 17.3. The molecule has 0 bridgehead atoms. The van der Waals surface area contributed by atoms with Crippen molar-refractivity contribution >= 4 is 29.0 Å². The molecule has 2 aromatic heterocycles. The van der Waals surface area contributed by atoms with Crippen LogP contribution < -0.4 is 10.9 Å². The minimum Gasteiger partial charge on any atom is -0.469 e. The molecule has 1 atom stereocenters. The fraction of sp³-hybridized carbons (Fsp3) is 0.150. The average Bonchev–Trinajstić information content (AvgIpc) is 3.17. The van der Waals surface area contributed by atoms with E-state index in [-0.39, 0.29) is 23.7 Å². The van der Waals surface area contributed by atoms with Crippen molar-refractivity contribution in [1.29, 1.82) is 0 Å². The first-order chi connectivity index (χ1) is 13.0. The predicted octanol–water partition coefficient (Wildman–Crippen LogP) is 3.79. The average molecular weight is 383 g/mol. The zero-order chi connectivity index (χ0) is 19.0. The third kappa shape index (κ3) is 3.44. The number of carbonyl (C=O) groups is 2. The number of amides is 1. The zero-order valence-corrected chi connectivity index (χ0v) is 14.9. The van der Waals surface area contributed by atoms with Crippen LogP contribution in [-0.2, 0) is 6.42 Å². The Labute approximate surface area is 159 Å². The number of aromatic amines is 1. The largest absolute Gasteiger partial charge is 0.469 e. The van der Waals surface area contributed by atoms with Crippen molar-refractivity contribution in [1.82, 2.24) is 4.98 Å². The SMILES string of the molecule is O=C1CC(c2ccco2)Cc2[nH]c(=O)c(C(=O)Nc3ccc(Cl)cc3)cc21. The van der Waals surface area contributed by atoms with Crippen molar-refractivity contribution in [2.24, 2.45) is 0 Å². The number of H-pyrrole nitrogens is 1. The molecule has 3 aromatic rings. The van der Waals surface area contributed by atoms with Crippen molar-refractivity contribution in [2.45, 2.75) is 18.8 Å². The highest BCUT2D eigenvalue weighted by atomic mass is 35.5. The third-order valence-electron chi connectivity index (χ3n) is 4.60. The lowest BCUT2D eigenvalue weighted by Gasteiger charge is -2.22. The monoisotopic (exact) mass is 382 g/mol. The second-order valence-electron chi connectivity index (χ2n) is 6.41. The number of halogens is 1. The van der Waals surface area contributed by atoms with Crippen LogP contribution in [0.5, 0.6) is 0 Å². The molecular formula is C20H15ClN2O4. The number of pyridine rings is 1. The Balaban J connectivity index is 1.62. The van der Waals surface area contributed by atoms with E-state index in [4.69, 9.17) is 16.0 Å². The van der Waals surface area contributed by atoms with Crippen LogP contribution in [0.2, 0.25) is 5.02 Å². The number of rotatable bonds is 3. The van der Waals surface area contributed by atoms with Crippen molar-refractivity contribution < 1.29 is 14.0 Å². The van der Waals surface area contributed by atoms with E-state index in [0.717, 1.165) is 0 Å². The molecule has 4 rings (SSSR count). The van der Waals surface area contributed by atoms with Gasteiger partial charge < -0.3 is 14.7 Å². The van der Waals surface area contributed by atoms with Gasteiger partial charge in [-0.3, -0.25) is 14.4 Å². The van der Waals surface area contributed by atoms with E-state index >= 15 is 0 Å². The van der Waals surface area contributed by atoms with E-state index in [1.165, 1.54) is 6.07 Å². The summed E-state index contributed by atoms with van der Waals surface area (Å²) in [7, 11) is 0. The molecule has 2 heterocycles. The highest BCUT2D eigenvalue weighted by Crippen LogP contribution is 2.31. The van der Waals surface area contributed by atoms with Gasteiger partial charge in [0.1, 0.15) is 11.3 Å². The van der Waals surface area contributed by atoms with Crippen LogP contribution in [0.3, 0.4) is 0 Å². The smallest absolute Gasteiger partial charge is 0.261 e. The molecule has 1 aliphatic carbocycles. The number of hydrogen-bond donors (Lipinski definition) is 2. The summed E-state index contributed by atoms with van der Waals surface area (Å²) in [5, 5.41) is 3.17. The van der Waals surface area contributed by atoms with Crippen LogP contribution in [0, 0.1) is 0 Å². The van der Waals surface area contributed by atoms with E-state index < -0.39 is 11.5 Å². The fourth-order valence-corrected chi connectivity index (χ4v) is 3.38. The van der Waals surface area contributed by atoms with E-state index in [2.05, 4.69) is 10.3 Å². The second kappa shape index (κ2) is 6.89. The van der Waals surface area contributed by atoms with Crippen LogP contribution in [0.15, 0.2) is 57.9 Å². The number of nitrogens with one attached hydrogen (secondary N) is 2. The lowest BCUT2D eigenvalue weighted by molar-refractivity contribution is 0.0959. The van der Waals surface area contributed by atoms with Gasteiger partial charge in [-0.2, -0.15) is 0 Å². The number of hydrogen-bond acceptors (Lipinski definition) is 4. The maximum atomic E-state index is 12.6. The molecule has 2 N–H and O–H groups in total. The van der Waals surface area contributed by atoms with E-state index in [9.17, 15) is 14.4 Å². The number of furan rings is 1. The number of benzene rings is 1. The summed E-state index contributed by atoms with van der Waals surface area (Å²) < 4.78 is 5.39. The molecule has 7 heteroatoms. The van der Waals surface area contributed by atoms with Crippen molar-refractivity contribution in [3.63, 3.8) is 0 Å². The highest BCUT2D eigenvalue weighted by molar-refractivity contribution is 6.30. The summed E-state index contributed by atoms with van der Waals surface area (Å²) in [6.45, 7) is 0. The van der Waals surface area contributed by atoms with Gasteiger partial charge in [0.15, 0.2) is 5.78 Å². The third-order valence-corrected chi connectivity index (χ3v) is 4.85. The van der Waals surface area contributed by atoms with Gasteiger partial charge in [0.25, 0.3) is 11.5 Å². The first-order valence-corrected chi connectivity index (χ1v) is 8.79. The topological polar surface area (TPSA) is 92.2 Å². The number of aromatic nitrogens is 1. The summed E-state index contributed by atoms with van der Waals surface area (Å²) in [6.07, 6.45) is 2.30. The maximum absolute atomic E-state index is 12.6. The molecule has 0 spiro atoms. The first-order valence-electron chi connectivity index (χ1n) is 8.41. The van der Waals surface area contributed by atoms with Gasteiger partial charge in [-0.15, -0.1) is 0 Å². The van der Waals surface area contributed by atoms with Crippen LogP contribution in [-0.4, -0.2) is 16.7 Å². The van der Waals surface area contributed by atoms with Gasteiger partial charge in [-0.05, 0) is 48.9 Å². The molecule has 1 aromatic carbocycles. The Kier molecular flexibility index (Phi) is 4.41. The normalized spacial score (nSPS) is 16.0. The van der Waals surface area contributed by atoms with Gasteiger partial charge in [0.05, 0.1) is 6.26 Å². The van der Waals surface area contributed by atoms with Crippen molar-refractivity contribution in [2.75, 3.05) is 5.32 Å². The van der Waals surface area contributed by atoms with Gasteiger partial charge >= 0.3 is 0 Å². The number of carbonyl (C=O) groups excluding carboxylic acids is 2. The Morgan fingerprint density at radius 2 is 1.93 bits per heavy atom. The van der Waals surface area contributed by atoms with E-state index in [1.54, 1.807) is 36.6 Å². The van der Waals surface area contributed by atoms with Crippen LogP contribution >= 0.6 is 11.6 Å². The molecule has 1 aliphatic rings. The second-order valence-corrected chi connectivity index (χ2v) is 6.85. The molecule has 136 valence electrons. The Hall–Kier alpha value is -3.12. The zero-order valence-electron chi connectivity index (χ0n) is 14.1. The van der Waals surface area contributed by atoms with Gasteiger partial charge in [-0.25, -0.2) is 0 Å². The number of ketones is 1. The number of fused-ring (bicyclic) bond motifs is 1. The summed E-state index contributed by atoms with van der Waals surface area (Å²) in [5.74, 6) is -0.124. The summed E-state index contributed by atoms with van der Waals surface area (Å²) in [5.41, 5.74) is 0.770. The van der Waals surface area contributed by atoms with Gasteiger partial charge in [-0.1, -0.05) is 11.6 Å². The van der Waals surface area contributed by atoms with Crippen molar-refractivity contribution in [3.8, 4) is 0 Å². The Morgan fingerprint density at radius 3 is 2.63 bits per heavy atom. The minimum absolute atomic E-state index is 0.103. The predicted molar refractivity (Wildman–Crippen MR) is 101 cm³/mol. The minimum atomic E-state index is -0.581. The number of Topliss-reactive ketones (excluding diaryl/α,β-unsaturated/α-hetero) is 1.